The van der Waals surface area contributed by atoms with Gasteiger partial charge in [0.1, 0.15) is 5.82 Å². The summed E-state index contributed by atoms with van der Waals surface area (Å²) in [7, 11) is 1.94. The van der Waals surface area contributed by atoms with Crippen molar-refractivity contribution >= 4 is 17.3 Å². The maximum Gasteiger partial charge on any atom is 0.337 e. The molecule has 1 heterocycles. The molecular weight excluding hydrogens is 256 g/mol. The van der Waals surface area contributed by atoms with Gasteiger partial charge in [-0.05, 0) is 24.6 Å². The first-order valence-corrected chi connectivity index (χ1v) is 6.32. The highest BCUT2D eigenvalue weighted by Gasteiger charge is 2.11. The average molecular weight is 274 g/mol. The molecule has 0 fully saturated rings. The van der Waals surface area contributed by atoms with Crippen molar-refractivity contribution in [2.45, 2.75) is 13.3 Å². The summed E-state index contributed by atoms with van der Waals surface area (Å²) in [5.41, 5.74) is 7.70. The van der Waals surface area contributed by atoms with Gasteiger partial charge in [-0.25, -0.2) is 9.78 Å². The van der Waals surface area contributed by atoms with Crippen LogP contribution in [0.3, 0.4) is 0 Å². The van der Waals surface area contributed by atoms with E-state index in [0.29, 0.717) is 12.2 Å². The van der Waals surface area contributed by atoms with Gasteiger partial charge in [-0.15, -0.1) is 0 Å². The van der Waals surface area contributed by atoms with Gasteiger partial charge in [-0.2, -0.15) is 0 Å². The number of nitrogens with two attached hydrogens (primary N) is 1. The van der Waals surface area contributed by atoms with E-state index in [0.717, 1.165) is 23.5 Å². The zero-order valence-corrected chi connectivity index (χ0v) is 11.6. The lowest BCUT2D eigenvalue weighted by atomic mass is 10.1. The van der Waals surface area contributed by atoms with Crippen LogP contribution in [0.1, 0.15) is 21.7 Å². The molecule has 0 saturated carbocycles. The predicted molar refractivity (Wildman–Crippen MR) is 78.0 cm³/mol. The molecule has 6 heteroatoms. The third-order valence-corrected chi connectivity index (χ3v) is 3.22. The summed E-state index contributed by atoms with van der Waals surface area (Å²) in [5.74, 6) is -0.0403. The smallest absolute Gasteiger partial charge is 0.337 e. The molecule has 2 rings (SSSR count). The van der Waals surface area contributed by atoms with Crippen molar-refractivity contribution < 1.29 is 9.90 Å². The van der Waals surface area contributed by atoms with Crippen LogP contribution in [0.5, 0.6) is 0 Å². The minimum atomic E-state index is -1.02. The van der Waals surface area contributed by atoms with Gasteiger partial charge >= 0.3 is 5.97 Å². The minimum absolute atomic E-state index is 0.129. The van der Waals surface area contributed by atoms with Crippen LogP contribution >= 0.6 is 0 Å². The number of carboxylic acids is 1. The summed E-state index contributed by atoms with van der Waals surface area (Å²) in [5, 5.41) is 12.3. The molecule has 0 aliphatic rings. The Hall–Kier alpha value is -2.50. The Labute approximate surface area is 117 Å². The number of aromatic nitrogens is 2. The highest BCUT2D eigenvalue weighted by Crippen LogP contribution is 2.22. The maximum absolute atomic E-state index is 11.1. The van der Waals surface area contributed by atoms with Gasteiger partial charge in [-0.1, -0.05) is 0 Å². The lowest BCUT2D eigenvalue weighted by molar-refractivity contribution is 0.0698. The lowest BCUT2D eigenvalue weighted by Gasteiger charge is -2.11. The van der Waals surface area contributed by atoms with Crippen molar-refractivity contribution in [3.05, 3.63) is 41.5 Å². The third kappa shape index (κ3) is 2.90. The van der Waals surface area contributed by atoms with E-state index < -0.39 is 5.97 Å². The van der Waals surface area contributed by atoms with Crippen molar-refractivity contribution in [3.63, 3.8) is 0 Å². The normalized spacial score (nSPS) is 10.5. The van der Waals surface area contributed by atoms with Crippen LogP contribution < -0.4 is 11.1 Å². The number of benzene rings is 1. The molecular formula is C14H18N4O2. The number of hydrogen-bond donors (Lipinski definition) is 3. The predicted octanol–water partition coefficient (Wildman–Crippen LogP) is 1.66. The fraction of sp³-hybridized carbons (Fsp3) is 0.286. The van der Waals surface area contributed by atoms with Crippen molar-refractivity contribution in [2.75, 3.05) is 17.6 Å². The van der Waals surface area contributed by atoms with Crippen molar-refractivity contribution in [3.8, 4) is 0 Å². The molecule has 20 heavy (non-hydrogen) atoms. The first kappa shape index (κ1) is 13.9. The molecule has 2 aromatic rings. The second-order valence-electron chi connectivity index (χ2n) is 4.69. The number of nitrogens with zero attached hydrogens (tertiary/aromatic N) is 2. The molecule has 0 radical (unpaired) electrons. The first-order valence-electron chi connectivity index (χ1n) is 6.32. The summed E-state index contributed by atoms with van der Waals surface area (Å²) in [6.07, 6.45) is 4.41. The third-order valence-electron chi connectivity index (χ3n) is 3.22. The van der Waals surface area contributed by atoms with Crippen LogP contribution in [-0.4, -0.2) is 27.2 Å². The van der Waals surface area contributed by atoms with E-state index in [1.54, 1.807) is 19.2 Å². The lowest BCUT2D eigenvalue weighted by Crippen LogP contribution is -2.11. The Morgan fingerprint density at radius 2 is 2.25 bits per heavy atom. The van der Waals surface area contributed by atoms with Gasteiger partial charge in [0.15, 0.2) is 0 Å². The van der Waals surface area contributed by atoms with Crippen molar-refractivity contribution in [1.82, 2.24) is 9.55 Å². The topological polar surface area (TPSA) is 93.2 Å². The second-order valence-corrected chi connectivity index (χ2v) is 4.69. The van der Waals surface area contributed by atoms with Gasteiger partial charge in [0.05, 0.1) is 5.56 Å². The van der Waals surface area contributed by atoms with Gasteiger partial charge in [-0.3, -0.25) is 0 Å². The quantitative estimate of drug-likeness (QED) is 0.721. The van der Waals surface area contributed by atoms with Gasteiger partial charge in [0, 0.05) is 43.8 Å². The Morgan fingerprint density at radius 1 is 1.50 bits per heavy atom. The molecule has 1 aromatic carbocycles. The molecule has 4 N–H and O–H groups in total. The highest BCUT2D eigenvalue weighted by molar-refractivity contribution is 5.95. The molecule has 0 aliphatic heterocycles. The van der Waals surface area contributed by atoms with Crippen LogP contribution in [0.15, 0.2) is 24.5 Å². The molecule has 0 spiro atoms. The Kier molecular flexibility index (Phi) is 3.93. The zero-order valence-electron chi connectivity index (χ0n) is 11.6. The first-order chi connectivity index (χ1) is 9.49. The fourth-order valence-corrected chi connectivity index (χ4v) is 2.03. The molecule has 6 nitrogen and oxygen atoms in total. The molecule has 0 unspecified atom stereocenters. The Bertz CT molecular complexity index is 634. The fourth-order valence-electron chi connectivity index (χ4n) is 2.03. The number of anilines is 2. The van der Waals surface area contributed by atoms with Crippen molar-refractivity contribution in [1.29, 1.82) is 0 Å². The van der Waals surface area contributed by atoms with E-state index in [1.165, 1.54) is 0 Å². The minimum Gasteiger partial charge on any atom is -0.478 e. The number of carbonyl (C=O) groups is 1. The molecule has 0 bridgehead atoms. The number of nitrogens with one attached hydrogen (secondary N) is 1. The number of aryl methyl sites for hydroxylation is 2. The summed E-state index contributed by atoms with van der Waals surface area (Å²) < 4.78 is 1.96. The number of aromatic carboxylic acids is 1. The summed E-state index contributed by atoms with van der Waals surface area (Å²) in [6.45, 7) is 2.47. The monoisotopic (exact) mass is 274 g/mol. The Morgan fingerprint density at radius 3 is 2.85 bits per heavy atom. The molecule has 0 aliphatic carbocycles. The molecule has 0 atom stereocenters. The van der Waals surface area contributed by atoms with Crippen LogP contribution in [0.25, 0.3) is 0 Å². The van der Waals surface area contributed by atoms with E-state index in [2.05, 4.69) is 10.3 Å². The number of hydrogen-bond acceptors (Lipinski definition) is 4. The summed E-state index contributed by atoms with van der Waals surface area (Å²) in [4.78, 5) is 15.3. The molecule has 0 amide bonds. The SMILES string of the molecule is Cc1cc(NCCc2nccn2C)cc(C(=O)O)c1N. The summed E-state index contributed by atoms with van der Waals surface area (Å²) in [6, 6.07) is 3.41. The average Bonchev–Trinajstić information content (AvgIpc) is 2.79. The van der Waals surface area contributed by atoms with E-state index in [9.17, 15) is 4.79 Å². The number of nitrogen functional groups attached to an aromatic ring is 1. The summed E-state index contributed by atoms with van der Waals surface area (Å²) >= 11 is 0. The molecule has 0 saturated heterocycles. The van der Waals surface area contributed by atoms with Crippen molar-refractivity contribution in [2.24, 2.45) is 7.05 Å². The van der Waals surface area contributed by atoms with E-state index >= 15 is 0 Å². The highest BCUT2D eigenvalue weighted by atomic mass is 16.4. The standard InChI is InChI=1S/C14H18N4O2/c1-9-7-10(8-11(13(9)15)14(19)20)16-4-3-12-17-5-6-18(12)2/h5-8,16H,3-4,15H2,1-2H3,(H,19,20). The Balaban J connectivity index is 2.06. The van der Waals surface area contributed by atoms with Crippen LogP contribution in [-0.2, 0) is 13.5 Å². The van der Waals surface area contributed by atoms with Crippen LogP contribution in [0, 0.1) is 6.92 Å². The van der Waals surface area contributed by atoms with E-state index in [1.807, 2.05) is 23.9 Å². The van der Waals surface area contributed by atoms with Gasteiger partial charge in [0.2, 0.25) is 0 Å². The largest absolute Gasteiger partial charge is 0.478 e. The second kappa shape index (κ2) is 5.64. The van der Waals surface area contributed by atoms with E-state index in [4.69, 9.17) is 10.8 Å². The number of imidazole rings is 1. The number of rotatable bonds is 5. The molecule has 1 aromatic heterocycles. The maximum atomic E-state index is 11.1. The van der Waals surface area contributed by atoms with Gasteiger partial charge in [0.25, 0.3) is 0 Å². The number of carboxylic acid groups (broad SMARTS) is 1. The van der Waals surface area contributed by atoms with Crippen LogP contribution in [0.2, 0.25) is 0 Å². The molecule has 106 valence electrons. The van der Waals surface area contributed by atoms with Gasteiger partial charge < -0.3 is 20.7 Å². The van der Waals surface area contributed by atoms with E-state index in [-0.39, 0.29) is 5.56 Å². The van der Waals surface area contributed by atoms with Crippen LogP contribution in [0.4, 0.5) is 11.4 Å². The zero-order chi connectivity index (χ0) is 14.7.